The van der Waals surface area contributed by atoms with Gasteiger partial charge in [-0.2, -0.15) is 0 Å². The molecule has 0 radical (unpaired) electrons. The molecule has 0 spiro atoms. The van der Waals surface area contributed by atoms with E-state index in [4.69, 9.17) is 9.56 Å². The molecular weight excluding hydrogens is 202 g/mol. The van der Waals surface area contributed by atoms with Gasteiger partial charge < -0.3 is 4.42 Å². The summed E-state index contributed by atoms with van der Waals surface area (Å²) in [6, 6.07) is 6.90. The van der Waals surface area contributed by atoms with Gasteiger partial charge in [0.25, 0.3) is 0 Å². The van der Waals surface area contributed by atoms with Gasteiger partial charge in [0.05, 0.1) is 0 Å². The number of benzene rings is 1. The molecule has 2 N–H and O–H groups in total. The highest BCUT2D eigenvalue weighted by molar-refractivity contribution is 7.89. The van der Waals surface area contributed by atoms with Crippen LogP contribution in [0.2, 0.25) is 0 Å². The smallest absolute Gasteiger partial charge is 0.242 e. The Kier molecular flexibility index (Phi) is 1.87. The minimum absolute atomic E-state index is 0.0769. The van der Waals surface area contributed by atoms with Crippen molar-refractivity contribution in [2.45, 2.75) is 11.8 Å². The van der Waals surface area contributed by atoms with Crippen molar-refractivity contribution < 1.29 is 12.8 Å². The zero-order valence-electron chi connectivity index (χ0n) is 7.52. The summed E-state index contributed by atoms with van der Waals surface area (Å²) in [7, 11) is -3.71. The Bertz CT molecular complexity index is 583. The van der Waals surface area contributed by atoms with E-state index in [1.165, 1.54) is 0 Å². The standard InChI is InChI=1S/C9H9NO3S/c1-6-9(14(10,11)12)7-4-2-3-5-8(7)13-6/h2-5H,1H3,(H2,10,11,12). The van der Waals surface area contributed by atoms with Crippen molar-refractivity contribution in [2.75, 3.05) is 0 Å². The van der Waals surface area contributed by atoms with Crippen molar-refractivity contribution in [3.8, 4) is 0 Å². The van der Waals surface area contributed by atoms with E-state index in [0.29, 0.717) is 16.7 Å². The molecule has 1 heterocycles. The summed E-state index contributed by atoms with van der Waals surface area (Å²) in [5.41, 5.74) is 0.536. The molecule has 2 aromatic rings. The Morgan fingerprint density at radius 1 is 1.29 bits per heavy atom. The van der Waals surface area contributed by atoms with Crippen molar-refractivity contribution in [1.29, 1.82) is 0 Å². The molecule has 0 saturated heterocycles. The van der Waals surface area contributed by atoms with Crippen LogP contribution in [-0.2, 0) is 10.0 Å². The molecule has 0 aliphatic carbocycles. The van der Waals surface area contributed by atoms with Crippen LogP contribution in [0.3, 0.4) is 0 Å². The first kappa shape index (κ1) is 9.23. The van der Waals surface area contributed by atoms with Gasteiger partial charge in [0.1, 0.15) is 16.2 Å². The first-order chi connectivity index (χ1) is 6.50. The third kappa shape index (κ3) is 1.30. The molecule has 1 aromatic carbocycles. The van der Waals surface area contributed by atoms with Gasteiger partial charge >= 0.3 is 0 Å². The van der Waals surface area contributed by atoms with Crippen molar-refractivity contribution in [2.24, 2.45) is 5.14 Å². The average Bonchev–Trinajstić information content (AvgIpc) is 2.38. The predicted octanol–water partition coefficient (Wildman–Crippen LogP) is 1.39. The molecule has 0 amide bonds. The zero-order chi connectivity index (χ0) is 10.3. The molecule has 0 aliphatic rings. The number of aryl methyl sites for hydroxylation is 1. The number of fused-ring (bicyclic) bond motifs is 1. The largest absolute Gasteiger partial charge is 0.460 e. The molecule has 0 fully saturated rings. The Morgan fingerprint density at radius 3 is 2.57 bits per heavy atom. The summed E-state index contributed by atoms with van der Waals surface area (Å²) in [5.74, 6) is 0.328. The minimum atomic E-state index is -3.71. The fraction of sp³-hybridized carbons (Fsp3) is 0.111. The summed E-state index contributed by atoms with van der Waals surface area (Å²) in [6.45, 7) is 1.58. The molecule has 14 heavy (non-hydrogen) atoms. The molecular formula is C9H9NO3S. The number of rotatable bonds is 1. The van der Waals surface area contributed by atoms with Crippen LogP contribution in [0.1, 0.15) is 5.76 Å². The van der Waals surface area contributed by atoms with E-state index in [2.05, 4.69) is 0 Å². The van der Waals surface area contributed by atoms with Crippen LogP contribution in [0.4, 0.5) is 0 Å². The number of nitrogens with two attached hydrogens (primary N) is 1. The SMILES string of the molecule is Cc1oc2ccccc2c1S(N)(=O)=O. The van der Waals surface area contributed by atoms with E-state index < -0.39 is 10.0 Å². The lowest BCUT2D eigenvalue weighted by atomic mass is 10.2. The number of furan rings is 1. The van der Waals surface area contributed by atoms with Crippen molar-refractivity contribution in [3.05, 3.63) is 30.0 Å². The number of sulfonamides is 1. The molecule has 0 saturated carbocycles. The van der Waals surface area contributed by atoms with Crippen molar-refractivity contribution in [3.63, 3.8) is 0 Å². The van der Waals surface area contributed by atoms with E-state index in [9.17, 15) is 8.42 Å². The maximum Gasteiger partial charge on any atom is 0.242 e. The van der Waals surface area contributed by atoms with Crippen LogP contribution in [0, 0.1) is 6.92 Å². The van der Waals surface area contributed by atoms with Crippen molar-refractivity contribution in [1.82, 2.24) is 0 Å². The summed E-state index contributed by atoms with van der Waals surface area (Å²) in [6.07, 6.45) is 0. The highest BCUT2D eigenvalue weighted by atomic mass is 32.2. The van der Waals surface area contributed by atoms with Gasteiger partial charge in [-0.25, -0.2) is 13.6 Å². The Balaban J connectivity index is 2.95. The van der Waals surface area contributed by atoms with Crippen LogP contribution in [-0.4, -0.2) is 8.42 Å². The first-order valence-corrected chi connectivity index (χ1v) is 5.56. The molecule has 2 rings (SSSR count). The number of para-hydroxylation sites is 1. The fourth-order valence-corrected chi connectivity index (χ4v) is 2.42. The number of hydrogen-bond donors (Lipinski definition) is 1. The second kappa shape index (κ2) is 2.83. The summed E-state index contributed by atoms with van der Waals surface area (Å²) >= 11 is 0. The Labute approximate surface area is 81.4 Å². The Hall–Kier alpha value is -1.33. The summed E-state index contributed by atoms with van der Waals surface area (Å²) < 4.78 is 27.8. The zero-order valence-corrected chi connectivity index (χ0v) is 8.34. The number of hydrogen-bond acceptors (Lipinski definition) is 3. The van der Waals surface area contributed by atoms with E-state index in [1.54, 1.807) is 31.2 Å². The predicted molar refractivity (Wildman–Crippen MR) is 52.3 cm³/mol. The molecule has 0 bridgehead atoms. The van der Waals surface area contributed by atoms with E-state index in [-0.39, 0.29) is 4.90 Å². The third-order valence-corrected chi connectivity index (χ3v) is 3.08. The van der Waals surface area contributed by atoms with Gasteiger partial charge in [0, 0.05) is 5.39 Å². The van der Waals surface area contributed by atoms with Crippen LogP contribution >= 0.6 is 0 Å². The van der Waals surface area contributed by atoms with E-state index in [1.807, 2.05) is 0 Å². The quantitative estimate of drug-likeness (QED) is 0.774. The Morgan fingerprint density at radius 2 is 1.93 bits per heavy atom. The van der Waals surface area contributed by atoms with Crippen LogP contribution in [0.15, 0.2) is 33.6 Å². The summed E-state index contributed by atoms with van der Waals surface area (Å²) in [5, 5.41) is 5.62. The monoisotopic (exact) mass is 211 g/mol. The molecule has 0 aliphatic heterocycles. The number of primary sulfonamides is 1. The normalized spacial score (nSPS) is 12.1. The second-order valence-corrected chi connectivity index (χ2v) is 4.53. The molecule has 0 atom stereocenters. The van der Waals surface area contributed by atoms with Gasteiger partial charge in [-0.1, -0.05) is 12.1 Å². The molecule has 1 aromatic heterocycles. The lowest BCUT2D eigenvalue weighted by molar-refractivity contribution is 0.558. The summed E-state index contributed by atoms with van der Waals surface area (Å²) in [4.78, 5) is 0.0769. The highest BCUT2D eigenvalue weighted by Gasteiger charge is 2.19. The van der Waals surface area contributed by atoms with Gasteiger partial charge in [-0.3, -0.25) is 0 Å². The van der Waals surface area contributed by atoms with Crippen molar-refractivity contribution >= 4 is 21.0 Å². The van der Waals surface area contributed by atoms with Gasteiger partial charge in [0.2, 0.25) is 10.0 Å². The topological polar surface area (TPSA) is 73.3 Å². The third-order valence-electron chi connectivity index (χ3n) is 2.00. The first-order valence-electron chi connectivity index (χ1n) is 4.01. The van der Waals surface area contributed by atoms with Gasteiger partial charge in [-0.15, -0.1) is 0 Å². The minimum Gasteiger partial charge on any atom is -0.460 e. The maximum atomic E-state index is 11.2. The van der Waals surface area contributed by atoms with E-state index >= 15 is 0 Å². The average molecular weight is 211 g/mol. The molecule has 5 heteroatoms. The van der Waals surface area contributed by atoms with Gasteiger partial charge in [0.15, 0.2) is 0 Å². The lowest BCUT2D eigenvalue weighted by Gasteiger charge is -1.94. The second-order valence-electron chi connectivity index (χ2n) is 3.03. The molecule has 74 valence electrons. The van der Waals surface area contributed by atoms with E-state index in [0.717, 1.165) is 0 Å². The molecule has 4 nitrogen and oxygen atoms in total. The highest BCUT2D eigenvalue weighted by Crippen LogP contribution is 2.27. The van der Waals surface area contributed by atoms with Gasteiger partial charge in [-0.05, 0) is 19.1 Å². The van der Waals surface area contributed by atoms with Crippen LogP contribution in [0.5, 0.6) is 0 Å². The van der Waals surface area contributed by atoms with Crippen LogP contribution < -0.4 is 5.14 Å². The van der Waals surface area contributed by atoms with Crippen LogP contribution in [0.25, 0.3) is 11.0 Å². The maximum absolute atomic E-state index is 11.2. The fourth-order valence-electron chi connectivity index (χ4n) is 1.50. The molecule has 0 unspecified atom stereocenters. The lowest BCUT2D eigenvalue weighted by Crippen LogP contribution is -2.12.